The number of nitrogens with one attached hydrogen (secondary N) is 1. The lowest BCUT2D eigenvalue weighted by molar-refractivity contribution is 0.102. The minimum absolute atomic E-state index is 0.216. The molecule has 26 heavy (non-hydrogen) atoms. The standard InChI is InChI=1S/C19H19N5O2/c1-4-26-16-7-5-6-14(9-16)15-10-20-19(21-11-15)24-18(25)17-8-12(2)22-13(3)23-17/h5-11H,4H2,1-3H3,(H,20,21,24,25). The highest BCUT2D eigenvalue weighted by Crippen LogP contribution is 2.23. The Bertz CT molecular complexity index is 905. The van der Waals surface area contributed by atoms with Gasteiger partial charge in [0.25, 0.3) is 5.91 Å². The largest absolute Gasteiger partial charge is 0.494 e. The summed E-state index contributed by atoms with van der Waals surface area (Å²) in [6, 6.07) is 9.30. The van der Waals surface area contributed by atoms with E-state index in [0.717, 1.165) is 22.6 Å². The van der Waals surface area contributed by atoms with Crippen LogP contribution in [0.2, 0.25) is 0 Å². The van der Waals surface area contributed by atoms with Crippen molar-refractivity contribution in [2.24, 2.45) is 0 Å². The summed E-state index contributed by atoms with van der Waals surface area (Å²) in [6.45, 7) is 6.10. The van der Waals surface area contributed by atoms with Gasteiger partial charge in [-0.25, -0.2) is 19.9 Å². The van der Waals surface area contributed by atoms with Gasteiger partial charge in [-0.1, -0.05) is 12.1 Å². The average molecular weight is 349 g/mol. The van der Waals surface area contributed by atoms with E-state index in [1.165, 1.54) is 0 Å². The number of carbonyl (C=O) groups is 1. The van der Waals surface area contributed by atoms with E-state index >= 15 is 0 Å². The molecule has 0 unspecified atom stereocenters. The summed E-state index contributed by atoms with van der Waals surface area (Å²) in [4.78, 5) is 29.0. The zero-order valence-corrected chi connectivity index (χ0v) is 14.9. The number of ether oxygens (including phenoxy) is 1. The van der Waals surface area contributed by atoms with Crippen LogP contribution >= 0.6 is 0 Å². The molecule has 3 aromatic rings. The molecule has 132 valence electrons. The fourth-order valence-corrected chi connectivity index (χ4v) is 2.47. The Hall–Kier alpha value is -3.35. The van der Waals surface area contributed by atoms with Crippen LogP contribution in [0.5, 0.6) is 5.75 Å². The molecule has 0 aliphatic carbocycles. The maximum absolute atomic E-state index is 12.3. The van der Waals surface area contributed by atoms with Gasteiger partial charge in [0.15, 0.2) is 0 Å². The molecule has 0 aliphatic heterocycles. The highest BCUT2D eigenvalue weighted by molar-refractivity contribution is 6.01. The molecule has 3 rings (SSSR count). The Morgan fingerprint density at radius 3 is 2.54 bits per heavy atom. The van der Waals surface area contributed by atoms with Crippen LogP contribution in [0, 0.1) is 13.8 Å². The second kappa shape index (κ2) is 7.69. The van der Waals surface area contributed by atoms with Crippen molar-refractivity contribution >= 4 is 11.9 Å². The third-order valence-electron chi connectivity index (χ3n) is 3.55. The van der Waals surface area contributed by atoms with Crippen molar-refractivity contribution in [1.29, 1.82) is 0 Å². The van der Waals surface area contributed by atoms with Crippen LogP contribution in [0.25, 0.3) is 11.1 Å². The topological polar surface area (TPSA) is 89.9 Å². The number of anilines is 1. The fourth-order valence-electron chi connectivity index (χ4n) is 2.47. The Morgan fingerprint density at radius 1 is 1.08 bits per heavy atom. The van der Waals surface area contributed by atoms with Crippen LogP contribution in [0.4, 0.5) is 5.95 Å². The maximum atomic E-state index is 12.3. The van der Waals surface area contributed by atoms with Gasteiger partial charge >= 0.3 is 0 Å². The van der Waals surface area contributed by atoms with Crippen LogP contribution in [0.1, 0.15) is 28.9 Å². The van der Waals surface area contributed by atoms with Crippen LogP contribution in [-0.4, -0.2) is 32.4 Å². The number of aromatic nitrogens is 4. The van der Waals surface area contributed by atoms with Crippen molar-refractivity contribution in [2.75, 3.05) is 11.9 Å². The van der Waals surface area contributed by atoms with Crippen molar-refractivity contribution in [1.82, 2.24) is 19.9 Å². The number of aryl methyl sites for hydroxylation is 2. The molecule has 0 fully saturated rings. The number of hydrogen-bond donors (Lipinski definition) is 1. The lowest BCUT2D eigenvalue weighted by Crippen LogP contribution is -2.16. The van der Waals surface area contributed by atoms with E-state index in [-0.39, 0.29) is 17.5 Å². The lowest BCUT2D eigenvalue weighted by Gasteiger charge is -2.07. The first kappa shape index (κ1) is 17.5. The Kier molecular flexibility index (Phi) is 5.17. The molecule has 0 radical (unpaired) electrons. The van der Waals surface area contributed by atoms with Gasteiger partial charge in [-0.05, 0) is 44.5 Å². The van der Waals surface area contributed by atoms with Gasteiger partial charge in [0, 0.05) is 23.7 Å². The van der Waals surface area contributed by atoms with Gasteiger partial charge in [-0.3, -0.25) is 10.1 Å². The number of rotatable bonds is 5. The number of amides is 1. The molecule has 0 saturated heterocycles. The molecule has 0 aliphatic rings. The predicted molar refractivity (Wildman–Crippen MR) is 98.1 cm³/mol. The molecule has 1 amide bonds. The summed E-state index contributed by atoms with van der Waals surface area (Å²) in [5, 5.41) is 2.65. The first-order valence-corrected chi connectivity index (χ1v) is 8.24. The number of carbonyl (C=O) groups excluding carboxylic acids is 1. The molecule has 2 heterocycles. The summed E-state index contributed by atoms with van der Waals surface area (Å²) in [7, 11) is 0. The molecule has 1 N–H and O–H groups in total. The Labute approximate surface area is 151 Å². The van der Waals surface area contributed by atoms with Gasteiger partial charge in [0.1, 0.15) is 17.3 Å². The quantitative estimate of drug-likeness (QED) is 0.761. The van der Waals surface area contributed by atoms with Crippen molar-refractivity contribution in [3.8, 4) is 16.9 Å². The highest BCUT2D eigenvalue weighted by Gasteiger charge is 2.11. The van der Waals surface area contributed by atoms with Gasteiger partial charge in [0.05, 0.1) is 6.61 Å². The molecule has 1 aromatic carbocycles. The van der Waals surface area contributed by atoms with Crippen LogP contribution in [-0.2, 0) is 0 Å². The van der Waals surface area contributed by atoms with E-state index in [1.54, 1.807) is 25.4 Å². The smallest absolute Gasteiger partial charge is 0.276 e. The van der Waals surface area contributed by atoms with E-state index in [4.69, 9.17) is 4.74 Å². The number of benzene rings is 1. The first-order valence-electron chi connectivity index (χ1n) is 8.24. The van der Waals surface area contributed by atoms with Crippen molar-refractivity contribution in [3.05, 3.63) is 59.9 Å². The van der Waals surface area contributed by atoms with Crippen molar-refractivity contribution < 1.29 is 9.53 Å². The second-order valence-electron chi connectivity index (χ2n) is 5.65. The monoisotopic (exact) mass is 349 g/mol. The van der Waals surface area contributed by atoms with Gasteiger partial charge in [-0.2, -0.15) is 0 Å². The van der Waals surface area contributed by atoms with Crippen molar-refractivity contribution in [3.63, 3.8) is 0 Å². The molecule has 7 heteroatoms. The zero-order chi connectivity index (χ0) is 18.5. The second-order valence-corrected chi connectivity index (χ2v) is 5.65. The van der Waals surface area contributed by atoms with Crippen molar-refractivity contribution in [2.45, 2.75) is 20.8 Å². The van der Waals surface area contributed by atoms with E-state index < -0.39 is 0 Å². The first-order chi connectivity index (χ1) is 12.5. The molecular weight excluding hydrogens is 330 g/mol. The molecule has 0 spiro atoms. The highest BCUT2D eigenvalue weighted by atomic mass is 16.5. The summed E-state index contributed by atoms with van der Waals surface area (Å²) in [6.07, 6.45) is 3.31. The summed E-state index contributed by atoms with van der Waals surface area (Å²) >= 11 is 0. The normalized spacial score (nSPS) is 10.4. The fraction of sp³-hybridized carbons (Fsp3) is 0.211. The van der Waals surface area contributed by atoms with Gasteiger partial charge in [-0.15, -0.1) is 0 Å². The molecule has 0 bridgehead atoms. The Balaban J connectivity index is 1.75. The minimum Gasteiger partial charge on any atom is -0.494 e. The summed E-state index contributed by atoms with van der Waals surface area (Å²) < 4.78 is 5.50. The number of hydrogen-bond acceptors (Lipinski definition) is 6. The third kappa shape index (κ3) is 4.18. The summed E-state index contributed by atoms with van der Waals surface area (Å²) in [5.41, 5.74) is 2.79. The SMILES string of the molecule is CCOc1cccc(-c2cnc(NC(=O)c3cc(C)nc(C)n3)nc2)c1. The number of nitrogens with zero attached hydrogens (tertiary/aromatic N) is 4. The van der Waals surface area contributed by atoms with Crippen LogP contribution < -0.4 is 10.1 Å². The minimum atomic E-state index is -0.371. The molecule has 7 nitrogen and oxygen atoms in total. The van der Waals surface area contributed by atoms with E-state index in [1.807, 2.05) is 38.1 Å². The zero-order valence-electron chi connectivity index (χ0n) is 14.9. The Morgan fingerprint density at radius 2 is 1.85 bits per heavy atom. The van der Waals surface area contributed by atoms with E-state index in [0.29, 0.717) is 12.4 Å². The average Bonchev–Trinajstić information content (AvgIpc) is 2.62. The van der Waals surface area contributed by atoms with Crippen LogP contribution in [0.3, 0.4) is 0 Å². The summed E-state index contributed by atoms with van der Waals surface area (Å²) in [5.74, 6) is 1.18. The van der Waals surface area contributed by atoms with Gasteiger partial charge < -0.3 is 4.74 Å². The lowest BCUT2D eigenvalue weighted by atomic mass is 10.1. The molecule has 0 atom stereocenters. The van der Waals surface area contributed by atoms with E-state index in [9.17, 15) is 4.79 Å². The predicted octanol–water partition coefficient (Wildman–Crippen LogP) is 3.20. The van der Waals surface area contributed by atoms with Gasteiger partial charge in [0.2, 0.25) is 5.95 Å². The third-order valence-corrected chi connectivity index (χ3v) is 3.55. The maximum Gasteiger partial charge on any atom is 0.276 e. The molecule has 2 aromatic heterocycles. The molecule has 0 saturated carbocycles. The molecular formula is C19H19N5O2. The van der Waals surface area contributed by atoms with E-state index in [2.05, 4.69) is 25.3 Å². The van der Waals surface area contributed by atoms with Crippen LogP contribution in [0.15, 0.2) is 42.7 Å².